The van der Waals surface area contributed by atoms with Crippen LogP contribution in [0.1, 0.15) is 37.3 Å². The number of amides is 4. The van der Waals surface area contributed by atoms with E-state index in [1.54, 1.807) is 22.0 Å². The fraction of sp³-hybridized carbons (Fsp3) is 0.367. The number of rotatable bonds is 7. The molecule has 8 heteroatoms. The molecule has 198 valence electrons. The second-order valence-electron chi connectivity index (χ2n) is 10.1. The SMILES string of the molecule is CCCCC1C(=O)N(Cc2cccc3ccccc23)C[C@H]2N1C(=O)CN(C)N2C(=O)NCc1ccccc1. The summed E-state index contributed by atoms with van der Waals surface area (Å²) in [6.45, 7) is 3.18. The van der Waals surface area contributed by atoms with Crippen LogP contribution in [0, 0.1) is 0 Å². The number of fused-ring (bicyclic) bond motifs is 2. The average Bonchev–Trinajstić information content (AvgIpc) is 2.93. The van der Waals surface area contributed by atoms with Crippen molar-refractivity contribution in [1.29, 1.82) is 0 Å². The van der Waals surface area contributed by atoms with Gasteiger partial charge in [-0.15, -0.1) is 0 Å². The van der Waals surface area contributed by atoms with Gasteiger partial charge in [-0.05, 0) is 28.3 Å². The van der Waals surface area contributed by atoms with E-state index < -0.39 is 12.2 Å². The number of hydrogen-bond donors (Lipinski definition) is 1. The molecule has 3 aromatic carbocycles. The van der Waals surface area contributed by atoms with E-state index in [-0.39, 0.29) is 30.9 Å². The maximum absolute atomic E-state index is 13.8. The van der Waals surface area contributed by atoms with Gasteiger partial charge in [-0.25, -0.2) is 14.8 Å². The fourth-order valence-corrected chi connectivity index (χ4v) is 5.61. The van der Waals surface area contributed by atoms with Crippen molar-refractivity contribution in [2.45, 2.75) is 51.5 Å². The first-order chi connectivity index (χ1) is 18.5. The third kappa shape index (κ3) is 5.09. The molecule has 0 spiro atoms. The molecule has 2 aliphatic heterocycles. The van der Waals surface area contributed by atoms with E-state index in [4.69, 9.17) is 0 Å². The molecule has 38 heavy (non-hydrogen) atoms. The molecule has 0 aromatic heterocycles. The number of hydrogen-bond acceptors (Lipinski definition) is 4. The number of carbonyl (C=O) groups excluding carboxylic acids is 3. The van der Waals surface area contributed by atoms with Gasteiger partial charge in [0.15, 0.2) is 0 Å². The highest BCUT2D eigenvalue weighted by Crippen LogP contribution is 2.30. The summed E-state index contributed by atoms with van der Waals surface area (Å²) in [6.07, 6.45) is 1.74. The molecule has 1 unspecified atom stereocenters. The molecular formula is C30H35N5O3. The zero-order valence-electron chi connectivity index (χ0n) is 22.0. The minimum atomic E-state index is -0.589. The Bertz CT molecular complexity index is 1310. The van der Waals surface area contributed by atoms with E-state index in [1.165, 1.54) is 0 Å². The molecule has 2 heterocycles. The number of carbonyl (C=O) groups is 3. The second kappa shape index (κ2) is 11.2. The van der Waals surface area contributed by atoms with Crippen LogP contribution in [-0.4, -0.2) is 70.0 Å². The van der Waals surface area contributed by atoms with Crippen molar-refractivity contribution < 1.29 is 14.4 Å². The molecule has 1 N–H and O–H groups in total. The lowest BCUT2D eigenvalue weighted by molar-refractivity contribution is -0.188. The van der Waals surface area contributed by atoms with Gasteiger partial charge < -0.3 is 15.1 Å². The van der Waals surface area contributed by atoms with Crippen molar-refractivity contribution in [2.24, 2.45) is 0 Å². The normalized spacial score (nSPS) is 20.1. The van der Waals surface area contributed by atoms with Gasteiger partial charge in [-0.2, -0.15) is 0 Å². The van der Waals surface area contributed by atoms with E-state index in [2.05, 4.69) is 30.4 Å². The Hall–Kier alpha value is -3.91. The van der Waals surface area contributed by atoms with Gasteiger partial charge in [-0.1, -0.05) is 92.6 Å². The third-order valence-electron chi connectivity index (χ3n) is 7.51. The lowest BCUT2D eigenvalue weighted by Crippen LogP contribution is -2.75. The van der Waals surface area contributed by atoms with Gasteiger partial charge in [0.1, 0.15) is 12.2 Å². The molecule has 0 bridgehead atoms. The highest BCUT2D eigenvalue weighted by Gasteiger charge is 2.50. The third-order valence-corrected chi connectivity index (χ3v) is 7.51. The molecule has 8 nitrogen and oxygen atoms in total. The Balaban J connectivity index is 1.44. The zero-order chi connectivity index (χ0) is 26.6. The second-order valence-corrected chi connectivity index (χ2v) is 10.1. The Morgan fingerprint density at radius 3 is 2.50 bits per heavy atom. The predicted molar refractivity (Wildman–Crippen MR) is 146 cm³/mol. The Kier molecular flexibility index (Phi) is 7.60. The van der Waals surface area contributed by atoms with Crippen LogP contribution in [0.25, 0.3) is 10.8 Å². The summed E-state index contributed by atoms with van der Waals surface area (Å²) in [7, 11) is 1.75. The first-order valence-corrected chi connectivity index (χ1v) is 13.4. The average molecular weight is 514 g/mol. The minimum Gasteiger partial charge on any atom is -0.333 e. The van der Waals surface area contributed by atoms with Crippen molar-refractivity contribution in [3.05, 3.63) is 83.9 Å². The van der Waals surface area contributed by atoms with Gasteiger partial charge >= 0.3 is 6.03 Å². The number of hydrazine groups is 1. The molecule has 2 fully saturated rings. The van der Waals surface area contributed by atoms with Gasteiger partial charge in [0.25, 0.3) is 0 Å². The molecule has 2 aliphatic rings. The summed E-state index contributed by atoms with van der Waals surface area (Å²) in [4.78, 5) is 44.2. The smallest absolute Gasteiger partial charge is 0.333 e. The van der Waals surface area contributed by atoms with Crippen LogP contribution >= 0.6 is 0 Å². The first-order valence-electron chi connectivity index (χ1n) is 13.4. The van der Waals surface area contributed by atoms with Crippen molar-refractivity contribution >= 4 is 28.6 Å². The Morgan fingerprint density at radius 1 is 0.974 bits per heavy atom. The standard InChI is InChI=1S/C30H35N5O3/c1-3-4-17-26-29(37)33(19-24-15-10-14-23-13-8-9-16-25(23)24)20-27-34(26)28(36)21-32(2)35(27)30(38)31-18-22-11-6-5-7-12-22/h5-16,26-27H,3-4,17-21H2,1-2H3,(H,31,38)/t26?,27-/m0/s1. The van der Waals surface area contributed by atoms with Crippen LogP contribution in [0.15, 0.2) is 72.8 Å². The number of piperazine rings is 1. The summed E-state index contributed by atoms with van der Waals surface area (Å²) in [5, 5.41) is 8.52. The van der Waals surface area contributed by atoms with E-state index in [1.807, 2.05) is 59.5 Å². The topological polar surface area (TPSA) is 76.2 Å². The van der Waals surface area contributed by atoms with Crippen LogP contribution in [0.4, 0.5) is 4.79 Å². The van der Waals surface area contributed by atoms with Gasteiger partial charge in [0, 0.05) is 20.1 Å². The van der Waals surface area contributed by atoms with Crippen LogP contribution in [0.5, 0.6) is 0 Å². The number of likely N-dealkylation sites (N-methyl/N-ethyl adjacent to an activating group) is 1. The molecule has 0 aliphatic carbocycles. The Labute approximate surface area is 223 Å². The Morgan fingerprint density at radius 2 is 1.71 bits per heavy atom. The molecule has 4 amide bonds. The van der Waals surface area contributed by atoms with Crippen molar-refractivity contribution in [1.82, 2.24) is 25.1 Å². The zero-order valence-corrected chi connectivity index (χ0v) is 22.0. The van der Waals surface area contributed by atoms with E-state index >= 15 is 0 Å². The molecular weight excluding hydrogens is 478 g/mol. The predicted octanol–water partition coefficient (Wildman–Crippen LogP) is 3.97. The van der Waals surface area contributed by atoms with Crippen molar-refractivity contribution in [3.63, 3.8) is 0 Å². The lowest BCUT2D eigenvalue weighted by Gasteiger charge is -2.54. The van der Waals surface area contributed by atoms with Crippen LogP contribution in [-0.2, 0) is 22.7 Å². The quantitative estimate of drug-likeness (QED) is 0.519. The van der Waals surface area contributed by atoms with Crippen LogP contribution < -0.4 is 5.32 Å². The lowest BCUT2D eigenvalue weighted by atomic mass is 9.99. The maximum Gasteiger partial charge on any atom is 0.334 e. The number of nitrogens with one attached hydrogen (secondary N) is 1. The van der Waals surface area contributed by atoms with Crippen molar-refractivity contribution in [2.75, 3.05) is 20.1 Å². The van der Waals surface area contributed by atoms with Gasteiger partial charge in [-0.3, -0.25) is 9.59 Å². The highest BCUT2D eigenvalue weighted by molar-refractivity contribution is 5.92. The molecule has 3 aromatic rings. The highest BCUT2D eigenvalue weighted by atomic mass is 16.2. The maximum atomic E-state index is 13.8. The number of unbranched alkanes of at least 4 members (excludes halogenated alkanes) is 1. The largest absolute Gasteiger partial charge is 0.334 e. The molecule has 2 atom stereocenters. The van der Waals surface area contributed by atoms with Crippen molar-refractivity contribution in [3.8, 4) is 0 Å². The monoisotopic (exact) mass is 513 g/mol. The summed E-state index contributed by atoms with van der Waals surface area (Å²) < 4.78 is 0. The summed E-state index contributed by atoms with van der Waals surface area (Å²) >= 11 is 0. The number of benzene rings is 3. The number of urea groups is 1. The van der Waals surface area contributed by atoms with Crippen LogP contribution in [0.2, 0.25) is 0 Å². The van der Waals surface area contributed by atoms with Crippen LogP contribution in [0.3, 0.4) is 0 Å². The van der Waals surface area contributed by atoms with Gasteiger partial charge in [0.05, 0.1) is 13.1 Å². The summed E-state index contributed by atoms with van der Waals surface area (Å²) in [6, 6.07) is 23.1. The fourth-order valence-electron chi connectivity index (χ4n) is 5.61. The molecule has 5 rings (SSSR count). The van der Waals surface area contributed by atoms with E-state index in [0.29, 0.717) is 19.5 Å². The molecule has 0 saturated carbocycles. The summed E-state index contributed by atoms with van der Waals surface area (Å²) in [5.74, 6) is -0.172. The number of nitrogens with zero attached hydrogens (tertiary/aromatic N) is 4. The van der Waals surface area contributed by atoms with E-state index in [9.17, 15) is 14.4 Å². The van der Waals surface area contributed by atoms with E-state index in [0.717, 1.165) is 34.7 Å². The minimum absolute atomic E-state index is 0.0501. The molecule has 0 radical (unpaired) electrons. The van der Waals surface area contributed by atoms with Gasteiger partial charge in [0.2, 0.25) is 11.8 Å². The first kappa shape index (κ1) is 25.7. The summed E-state index contributed by atoms with van der Waals surface area (Å²) in [5.41, 5.74) is 2.04. The molecule has 2 saturated heterocycles.